The smallest absolute Gasteiger partial charge is 0.282 e. The van der Waals surface area contributed by atoms with Gasteiger partial charge < -0.3 is 9.80 Å². The Morgan fingerprint density at radius 2 is 1.12 bits per heavy atom. The molecule has 0 aliphatic carbocycles. The first kappa shape index (κ1) is 21.0. The average Bonchev–Trinajstić information content (AvgIpc) is 3.11. The first-order chi connectivity index (χ1) is 16.0. The van der Waals surface area contributed by atoms with Gasteiger partial charge in [0.05, 0.1) is 11.3 Å². The number of anilines is 2. The van der Waals surface area contributed by atoms with Crippen LogP contribution in [-0.2, 0) is 9.59 Å². The monoisotopic (exact) mass is 437 g/mol. The van der Waals surface area contributed by atoms with Crippen LogP contribution in [0.5, 0.6) is 0 Å². The van der Waals surface area contributed by atoms with Crippen molar-refractivity contribution in [1.82, 2.24) is 4.90 Å². The standard InChI is InChI=1S/C28H27N3O2/c1-20-8-12-22(13-9-20)25-26(28(33)31(27(25)32)24-14-10-21(2)11-15-24)30-18-16-29(17-19-30)23-6-4-3-5-7-23/h3-15H,16-19H2,1-2H3. The molecule has 0 saturated carbocycles. The molecule has 5 nitrogen and oxygen atoms in total. The summed E-state index contributed by atoms with van der Waals surface area (Å²) in [5.41, 5.74) is 5.78. The first-order valence-electron chi connectivity index (χ1n) is 11.3. The van der Waals surface area contributed by atoms with Gasteiger partial charge in [-0.25, -0.2) is 4.90 Å². The molecule has 0 bridgehead atoms. The van der Waals surface area contributed by atoms with E-state index < -0.39 is 0 Å². The lowest BCUT2D eigenvalue weighted by atomic mass is 10.0. The highest BCUT2D eigenvalue weighted by Gasteiger charge is 2.43. The number of para-hydroxylation sites is 1. The van der Waals surface area contributed by atoms with E-state index in [9.17, 15) is 9.59 Å². The summed E-state index contributed by atoms with van der Waals surface area (Å²) in [5, 5.41) is 0. The summed E-state index contributed by atoms with van der Waals surface area (Å²) >= 11 is 0. The van der Waals surface area contributed by atoms with Crippen LogP contribution in [0.1, 0.15) is 16.7 Å². The fraction of sp³-hybridized carbons (Fsp3) is 0.214. The van der Waals surface area contributed by atoms with Gasteiger partial charge in [0, 0.05) is 31.9 Å². The minimum atomic E-state index is -0.256. The van der Waals surface area contributed by atoms with Gasteiger partial charge in [-0.2, -0.15) is 0 Å². The van der Waals surface area contributed by atoms with E-state index in [-0.39, 0.29) is 11.8 Å². The molecular formula is C28H27N3O2. The van der Waals surface area contributed by atoms with Gasteiger partial charge in [0.25, 0.3) is 11.8 Å². The fourth-order valence-electron chi connectivity index (χ4n) is 4.55. The molecule has 5 rings (SSSR count). The van der Waals surface area contributed by atoms with Crippen molar-refractivity contribution < 1.29 is 9.59 Å². The van der Waals surface area contributed by atoms with E-state index in [1.807, 2.05) is 80.6 Å². The summed E-state index contributed by atoms with van der Waals surface area (Å²) in [5.74, 6) is -0.499. The van der Waals surface area contributed by atoms with Crippen molar-refractivity contribution >= 4 is 28.8 Å². The van der Waals surface area contributed by atoms with Gasteiger partial charge >= 0.3 is 0 Å². The van der Waals surface area contributed by atoms with E-state index in [1.54, 1.807) is 0 Å². The Bertz CT molecular complexity index is 1210. The predicted molar refractivity (Wildman–Crippen MR) is 132 cm³/mol. The second kappa shape index (κ2) is 8.58. The molecule has 3 aromatic carbocycles. The van der Waals surface area contributed by atoms with E-state index >= 15 is 0 Å². The summed E-state index contributed by atoms with van der Waals surface area (Å²) in [4.78, 5) is 33.1. The molecule has 0 aromatic heterocycles. The molecule has 0 radical (unpaired) electrons. The quantitative estimate of drug-likeness (QED) is 0.567. The zero-order valence-corrected chi connectivity index (χ0v) is 19.0. The number of imide groups is 1. The summed E-state index contributed by atoms with van der Waals surface area (Å²) in [6, 6.07) is 25.7. The van der Waals surface area contributed by atoms with E-state index in [1.165, 1.54) is 10.6 Å². The van der Waals surface area contributed by atoms with Crippen molar-refractivity contribution in [3.8, 4) is 0 Å². The second-order valence-electron chi connectivity index (χ2n) is 8.68. The lowest BCUT2D eigenvalue weighted by Gasteiger charge is -2.37. The summed E-state index contributed by atoms with van der Waals surface area (Å²) in [6.07, 6.45) is 0. The third-order valence-electron chi connectivity index (χ3n) is 6.41. The molecule has 3 aromatic rings. The molecule has 1 saturated heterocycles. The van der Waals surface area contributed by atoms with Crippen LogP contribution in [0.15, 0.2) is 84.6 Å². The van der Waals surface area contributed by atoms with Gasteiger partial charge in [-0.1, -0.05) is 65.7 Å². The maximum Gasteiger partial charge on any atom is 0.282 e. The molecule has 2 aliphatic heterocycles. The SMILES string of the molecule is Cc1ccc(C2=C(N3CCN(c4ccccc4)CC3)C(=O)N(c3ccc(C)cc3)C2=O)cc1. The van der Waals surface area contributed by atoms with Gasteiger partial charge in [-0.3, -0.25) is 9.59 Å². The maximum atomic E-state index is 13.7. The van der Waals surface area contributed by atoms with Crippen LogP contribution in [-0.4, -0.2) is 42.9 Å². The number of carbonyl (C=O) groups excluding carboxylic acids is 2. The van der Waals surface area contributed by atoms with Crippen molar-refractivity contribution in [2.24, 2.45) is 0 Å². The Balaban J connectivity index is 1.50. The molecule has 2 amide bonds. The zero-order chi connectivity index (χ0) is 22.9. The normalized spacial score (nSPS) is 16.7. The van der Waals surface area contributed by atoms with Gasteiger partial charge in [0.15, 0.2) is 0 Å². The number of carbonyl (C=O) groups is 2. The first-order valence-corrected chi connectivity index (χ1v) is 11.3. The van der Waals surface area contributed by atoms with Gasteiger partial charge in [0.1, 0.15) is 5.70 Å². The van der Waals surface area contributed by atoms with E-state index in [0.717, 1.165) is 29.8 Å². The number of nitrogens with zero attached hydrogens (tertiary/aromatic N) is 3. The lowest BCUT2D eigenvalue weighted by Crippen LogP contribution is -2.47. The Hall–Kier alpha value is -3.86. The molecular weight excluding hydrogens is 410 g/mol. The topological polar surface area (TPSA) is 43.9 Å². The molecule has 0 N–H and O–H groups in total. The minimum Gasteiger partial charge on any atom is -0.368 e. The van der Waals surface area contributed by atoms with Crippen molar-refractivity contribution in [2.75, 3.05) is 36.0 Å². The second-order valence-corrected chi connectivity index (χ2v) is 8.68. The summed E-state index contributed by atoms with van der Waals surface area (Å²) in [7, 11) is 0. The highest BCUT2D eigenvalue weighted by molar-refractivity contribution is 6.45. The molecule has 0 atom stereocenters. The van der Waals surface area contributed by atoms with Gasteiger partial charge in [-0.15, -0.1) is 0 Å². The predicted octanol–water partition coefficient (Wildman–Crippen LogP) is 4.41. The van der Waals surface area contributed by atoms with Crippen molar-refractivity contribution in [2.45, 2.75) is 13.8 Å². The number of hydrogen-bond acceptors (Lipinski definition) is 4. The molecule has 2 aliphatic rings. The summed E-state index contributed by atoms with van der Waals surface area (Å²) < 4.78 is 0. The highest BCUT2D eigenvalue weighted by Crippen LogP contribution is 2.35. The van der Waals surface area contributed by atoms with Gasteiger partial charge in [0.2, 0.25) is 0 Å². The van der Waals surface area contributed by atoms with Crippen molar-refractivity contribution in [3.63, 3.8) is 0 Å². The van der Waals surface area contributed by atoms with Crippen LogP contribution in [0.4, 0.5) is 11.4 Å². The molecule has 1 fully saturated rings. The Morgan fingerprint density at radius 3 is 1.73 bits per heavy atom. The largest absolute Gasteiger partial charge is 0.368 e. The van der Waals surface area contributed by atoms with Crippen LogP contribution >= 0.6 is 0 Å². The number of aryl methyl sites for hydroxylation is 2. The molecule has 0 spiro atoms. The summed E-state index contributed by atoms with van der Waals surface area (Å²) in [6.45, 7) is 6.95. The van der Waals surface area contributed by atoms with E-state index in [4.69, 9.17) is 0 Å². The average molecular weight is 438 g/mol. The Labute approximate surface area is 194 Å². The third-order valence-corrected chi connectivity index (χ3v) is 6.41. The molecule has 33 heavy (non-hydrogen) atoms. The minimum absolute atomic E-state index is 0.243. The number of benzene rings is 3. The molecule has 166 valence electrons. The fourth-order valence-corrected chi connectivity index (χ4v) is 4.55. The van der Waals surface area contributed by atoms with Crippen LogP contribution in [0, 0.1) is 13.8 Å². The number of amides is 2. The lowest BCUT2D eigenvalue weighted by molar-refractivity contribution is -0.120. The van der Waals surface area contributed by atoms with Gasteiger partial charge in [-0.05, 0) is 43.7 Å². The third kappa shape index (κ3) is 3.91. The molecule has 5 heteroatoms. The maximum absolute atomic E-state index is 13.7. The Morgan fingerprint density at radius 1 is 0.576 bits per heavy atom. The van der Waals surface area contributed by atoms with E-state index in [2.05, 4.69) is 21.9 Å². The molecule has 2 heterocycles. The zero-order valence-electron chi connectivity index (χ0n) is 19.0. The van der Waals surface area contributed by atoms with Crippen molar-refractivity contribution in [1.29, 1.82) is 0 Å². The number of piperazine rings is 1. The molecule has 0 unspecified atom stereocenters. The van der Waals surface area contributed by atoms with Crippen molar-refractivity contribution in [3.05, 3.63) is 101 Å². The van der Waals surface area contributed by atoms with Crippen LogP contribution in [0.3, 0.4) is 0 Å². The van der Waals surface area contributed by atoms with Crippen LogP contribution < -0.4 is 9.80 Å². The Kier molecular flexibility index (Phi) is 5.47. The highest BCUT2D eigenvalue weighted by atomic mass is 16.2. The van der Waals surface area contributed by atoms with Crippen LogP contribution in [0.25, 0.3) is 5.57 Å². The van der Waals surface area contributed by atoms with E-state index in [0.29, 0.717) is 30.0 Å². The number of hydrogen-bond donors (Lipinski definition) is 0. The number of rotatable bonds is 4. The van der Waals surface area contributed by atoms with Crippen LogP contribution in [0.2, 0.25) is 0 Å².